The van der Waals surface area contributed by atoms with Gasteiger partial charge in [0.1, 0.15) is 5.75 Å². The molecule has 3 amide bonds. The highest BCUT2D eigenvalue weighted by atomic mass is 32.1. The number of thiophene rings is 1. The standard InChI is InChI=1S/C21H23N3O4S/c1-13(25)24-12-17(28-16-9-6-5-8-15(16)24)20(26)22-23-21(27)19-11-14-7-3-2-4-10-18(14)29-19/h5-6,8-9,11,17H,2-4,7,10,12H2,1H3,(H,22,26)(H,23,27)/t17-/m1/s1. The highest BCUT2D eigenvalue weighted by Gasteiger charge is 2.32. The molecule has 1 aliphatic carbocycles. The van der Waals surface area contributed by atoms with E-state index in [1.165, 1.54) is 40.0 Å². The van der Waals surface area contributed by atoms with E-state index in [4.69, 9.17) is 4.74 Å². The van der Waals surface area contributed by atoms with Crippen molar-refractivity contribution in [2.45, 2.75) is 45.1 Å². The smallest absolute Gasteiger partial charge is 0.281 e. The highest BCUT2D eigenvalue weighted by molar-refractivity contribution is 7.14. The van der Waals surface area contributed by atoms with Gasteiger partial charge in [-0.05, 0) is 49.4 Å². The fourth-order valence-corrected chi connectivity index (χ4v) is 4.86. The lowest BCUT2D eigenvalue weighted by Crippen LogP contribution is -2.54. The summed E-state index contributed by atoms with van der Waals surface area (Å²) in [5, 5.41) is 0. The van der Waals surface area contributed by atoms with E-state index in [0.717, 1.165) is 25.7 Å². The van der Waals surface area contributed by atoms with Crippen molar-refractivity contribution < 1.29 is 19.1 Å². The first-order valence-electron chi connectivity index (χ1n) is 9.78. The average Bonchev–Trinajstić information content (AvgIpc) is 3.01. The van der Waals surface area contributed by atoms with Crippen LogP contribution in [0.2, 0.25) is 0 Å². The first kappa shape index (κ1) is 19.4. The van der Waals surface area contributed by atoms with Crippen LogP contribution in [0.5, 0.6) is 5.75 Å². The zero-order valence-corrected chi connectivity index (χ0v) is 17.0. The third kappa shape index (κ3) is 4.12. The van der Waals surface area contributed by atoms with E-state index in [0.29, 0.717) is 16.3 Å². The molecule has 0 spiro atoms. The number of carbonyl (C=O) groups excluding carboxylic acids is 3. The molecule has 29 heavy (non-hydrogen) atoms. The molecule has 1 aromatic carbocycles. The fourth-order valence-electron chi connectivity index (χ4n) is 3.71. The molecule has 0 unspecified atom stereocenters. The normalized spacial score (nSPS) is 18.0. The number of amides is 3. The van der Waals surface area contributed by atoms with E-state index in [-0.39, 0.29) is 18.4 Å². The number of rotatable bonds is 2. The Morgan fingerprint density at radius 1 is 1.10 bits per heavy atom. The van der Waals surface area contributed by atoms with E-state index >= 15 is 0 Å². The number of fused-ring (bicyclic) bond motifs is 2. The van der Waals surface area contributed by atoms with Crippen LogP contribution in [0.4, 0.5) is 5.69 Å². The number of hydrogen-bond acceptors (Lipinski definition) is 5. The van der Waals surface area contributed by atoms with Crippen LogP contribution in [0.1, 0.15) is 46.3 Å². The third-order valence-electron chi connectivity index (χ3n) is 5.22. The summed E-state index contributed by atoms with van der Waals surface area (Å²) in [7, 11) is 0. The summed E-state index contributed by atoms with van der Waals surface area (Å²) < 4.78 is 5.74. The van der Waals surface area contributed by atoms with Gasteiger partial charge in [-0.25, -0.2) is 0 Å². The molecule has 2 aliphatic rings. The van der Waals surface area contributed by atoms with Gasteiger partial charge in [-0.1, -0.05) is 18.6 Å². The summed E-state index contributed by atoms with van der Waals surface area (Å²) >= 11 is 1.49. The molecule has 4 rings (SSSR count). The second-order valence-electron chi connectivity index (χ2n) is 7.27. The number of nitrogens with zero attached hydrogens (tertiary/aromatic N) is 1. The number of para-hydroxylation sites is 2. The number of carbonyl (C=O) groups is 3. The molecule has 2 heterocycles. The summed E-state index contributed by atoms with van der Waals surface area (Å²) in [6.07, 6.45) is 4.62. The molecule has 1 atom stereocenters. The molecule has 0 saturated heterocycles. The molecule has 2 aromatic rings. The number of aryl methyl sites for hydroxylation is 2. The van der Waals surface area contributed by atoms with Crippen molar-refractivity contribution in [1.82, 2.24) is 10.9 Å². The van der Waals surface area contributed by atoms with Crippen LogP contribution in [-0.2, 0) is 22.4 Å². The Balaban J connectivity index is 1.40. The Morgan fingerprint density at radius 2 is 1.90 bits per heavy atom. The van der Waals surface area contributed by atoms with Gasteiger partial charge in [-0.3, -0.25) is 25.2 Å². The van der Waals surface area contributed by atoms with Crippen LogP contribution in [0, 0.1) is 0 Å². The molecule has 2 N–H and O–H groups in total. The predicted octanol–water partition coefficient (Wildman–Crippen LogP) is 2.59. The van der Waals surface area contributed by atoms with Crippen molar-refractivity contribution in [2.24, 2.45) is 0 Å². The monoisotopic (exact) mass is 413 g/mol. The third-order valence-corrected chi connectivity index (χ3v) is 6.45. The van der Waals surface area contributed by atoms with Crippen molar-refractivity contribution in [1.29, 1.82) is 0 Å². The summed E-state index contributed by atoms with van der Waals surface area (Å²) in [6, 6.07) is 8.99. The fraction of sp³-hybridized carbons (Fsp3) is 0.381. The first-order valence-corrected chi connectivity index (χ1v) is 10.6. The van der Waals surface area contributed by atoms with Crippen LogP contribution in [0.15, 0.2) is 30.3 Å². The topological polar surface area (TPSA) is 87.7 Å². The molecule has 7 nitrogen and oxygen atoms in total. The van der Waals surface area contributed by atoms with Crippen molar-refractivity contribution >= 4 is 34.7 Å². The van der Waals surface area contributed by atoms with Crippen LogP contribution in [0.3, 0.4) is 0 Å². The Labute approximate surface area is 173 Å². The maximum absolute atomic E-state index is 12.6. The van der Waals surface area contributed by atoms with Crippen molar-refractivity contribution in [3.8, 4) is 5.75 Å². The van der Waals surface area contributed by atoms with Gasteiger partial charge in [0.2, 0.25) is 5.91 Å². The van der Waals surface area contributed by atoms with Gasteiger partial charge >= 0.3 is 0 Å². The molecule has 0 saturated carbocycles. The van der Waals surface area contributed by atoms with Gasteiger partial charge in [0.05, 0.1) is 17.1 Å². The molecule has 152 valence electrons. The Morgan fingerprint density at radius 3 is 2.72 bits per heavy atom. The highest BCUT2D eigenvalue weighted by Crippen LogP contribution is 2.33. The minimum absolute atomic E-state index is 0.0847. The average molecular weight is 413 g/mol. The molecule has 0 bridgehead atoms. The zero-order chi connectivity index (χ0) is 20.4. The summed E-state index contributed by atoms with van der Waals surface area (Å²) in [5.74, 6) is -0.557. The number of ether oxygens (including phenoxy) is 1. The molecule has 1 aliphatic heterocycles. The van der Waals surface area contributed by atoms with Crippen LogP contribution >= 0.6 is 11.3 Å². The van der Waals surface area contributed by atoms with Gasteiger partial charge in [-0.2, -0.15) is 0 Å². The van der Waals surface area contributed by atoms with Gasteiger partial charge < -0.3 is 9.64 Å². The number of hydrazine groups is 1. The maximum Gasteiger partial charge on any atom is 0.281 e. The van der Waals surface area contributed by atoms with Crippen molar-refractivity contribution in [3.05, 3.63) is 45.6 Å². The molecule has 8 heteroatoms. The lowest BCUT2D eigenvalue weighted by atomic mass is 10.1. The van der Waals surface area contributed by atoms with E-state index in [9.17, 15) is 14.4 Å². The van der Waals surface area contributed by atoms with E-state index in [1.54, 1.807) is 24.3 Å². The summed E-state index contributed by atoms with van der Waals surface area (Å²) in [5.41, 5.74) is 6.79. The summed E-state index contributed by atoms with van der Waals surface area (Å²) in [4.78, 5) is 40.4. The SMILES string of the molecule is CC(=O)N1C[C@H](C(=O)NNC(=O)c2cc3c(s2)CCCCC3)Oc2ccccc21. The van der Waals surface area contributed by atoms with E-state index < -0.39 is 12.0 Å². The second-order valence-corrected chi connectivity index (χ2v) is 8.40. The molecular formula is C21H23N3O4S. The number of anilines is 1. The largest absolute Gasteiger partial charge is 0.476 e. The number of hydrogen-bond donors (Lipinski definition) is 2. The maximum atomic E-state index is 12.6. The molecular weight excluding hydrogens is 390 g/mol. The Kier molecular flexibility index (Phi) is 5.53. The van der Waals surface area contributed by atoms with E-state index in [1.807, 2.05) is 6.07 Å². The van der Waals surface area contributed by atoms with Gasteiger partial charge in [0, 0.05) is 11.8 Å². The lowest BCUT2D eigenvalue weighted by Gasteiger charge is -2.33. The van der Waals surface area contributed by atoms with Crippen LogP contribution in [0.25, 0.3) is 0 Å². The quantitative estimate of drug-likeness (QED) is 0.585. The van der Waals surface area contributed by atoms with Crippen molar-refractivity contribution in [2.75, 3.05) is 11.4 Å². The Bertz CT molecular complexity index is 932. The van der Waals surface area contributed by atoms with Gasteiger partial charge in [-0.15, -0.1) is 11.3 Å². The Hall–Kier alpha value is -2.87. The predicted molar refractivity (Wildman–Crippen MR) is 110 cm³/mol. The van der Waals surface area contributed by atoms with Crippen molar-refractivity contribution in [3.63, 3.8) is 0 Å². The van der Waals surface area contributed by atoms with Gasteiger partial charge in [0.25, 0.3) is 11.8 Å². The number of benzene rings is 1. The van der Waals surface area contributed by atoms with Gasteiger partial charge in [0.15, 0.2) is 6.10 Å². The summed E-state index contributed by atoms with van der Waals surface area (Å²) in [6.45, 7) is 1.53. The first-order chi connectivity index (χ1) is 14.0. The molecule has 0 radical (unpaired) electrons. The molecule has 0 fully saturated rings. The number of nitrogens with one attached hydrogen (secondary N) is 2. The zero-order valence-electron chi connectivity index (χ0n) is 16.2. The minimum atomic E-state index is -0.908. The minimum Gasteiger partial charge on any atom is -0.476 e. The van der Waals surface area contributed by atoms with Crippen LogP contribution < -0.4 is 20.5 Å². The van der Waals surface area contributed by atoms with E-state index in [2.05, 4.69) is 10.9 Å². The molecule has 1 aromatic heterocycles. The second kappa shape index (κ2) is 8.24. The van der Waals surface area contributed by atoms with Crippen LogP contribution in [-0.4, -0.2) is 30.4 Å². The lowest BCUT2D eigenvalue weighted by molar-refractivity contribution is -0.129.